The molecule has 0 saturated carbocycles. The van der Waals surface area contributed by atoms with E-state index >= 15 is 0 Å². The molecule has 0 aliphatic carbocycles. The molecule has 0 spiro atoms. The van der Waals surface area contributed by atoms with E-state index in [1.807, 2.05) is 32.3 Å². The van der Waals surface area contributed by atoms with Crippen molar-refractivity contribution in [2.45, 2.75) is 13.0 Å². The second kappa shape index (κ2) is 3.31. The Kier molecular flexibility index (Phi) is 2.13. The highest BCUT2D eigenvalue weighted by molar-refractivity contribution is 5.27. The Labute approximate surface area is 82.3 Å². The lowest BCUT2D eigenvalue weighted by Gasteiger charge is -2.06. The van der Waals surface area contributed by atoms with Crippen molar-refractivity contribution in [3.8, 4) is 0 Å². The summed E-state index contributed by atoms with van der Waals surface area (Å²) >= 11 is 0. The lowest BCUT2D eigenvalue weighted by atomic mass is 10.1. The fourth-order valence-electron chi connectivity index (χ4n) is 1.48. The van der Waals surface area contributed by atoms with Crippen molar-refractivity contribution in [2.24, 2.45) is 12.8 Å². The average Bonchev–Trinajstić information content (AvgIpc) is 2.73. The second-order valence-corrected chi connectivity index (χ2v) is 3.32. The maximum absolute atomic E-state index is 6.04. The van der Waals surface area contributed by atoms with Crippen LogP contribution in [0.4, 0.5) is 0 Å². The fraction of sp³-hybridized carbons (Fsp3) is 0.300. The van der Waals surface area contributed by atoms with Gasteiger partial charge in [-0.15, -0.1) is 0 Å². The number of aromatic nitrogens is 2. The predicted octanol–water partition coefficient (Wildman–Crippen LogP) is 1.37. The molecule has 2 heterocycles. The van der Waals surface area contributed by atoms with Gasteiger partial charge in [-0.25, -0.2) is 0 Å². The standard InChI is InChI=1S/C10H13N3O/c1-7-8(4-6-14-7)10(11)9-3-5-13(2)12-9/h3-6,10H,11H2,1-2H3. The van der Waals surface area contributed by atoms with E-state index in [1.54, 1.807) is 10.9 Å². The molecule has 0 radical (unpaired) electrons. The lowest BCUT2D eigenvalue weighted by Crippen LogP contribution is -2.13. The van der Waals surface area contributed by atoms with Gasteiger partial charge in [-0.05, 0) is 19.1 Å². The summed E-state index contributed by atoms with van der Waals surface area (Å²) in [6.45, 7) is 1.90. The smallest absolute Gasteiger partial charge is 0.105 e. The zero-order valence-corrected chi connectivity index (χ0v) is 8.27. The maximum Gasteiger partial charge on any atom is 0.105 e. The van der Waals surface area contributed by atoms with Crippen LogP contribution in [0.25, 0.3) is 0 Å². The molecule has 0 saturated heterocycles. The van der Waals surface area contributed by atoms with Gasteiger partial charge >= 0.3 is 0 Å². The molecule has 2 N–H and O–H groups in total. The van der Waals surface area contributed by atoms with Crippen LogP contribution < -0.4 is 5.73 Å². The molecular formula is C10H13N3O. The van der Waals surface area contributed by atoms with Crippen molar-refractivity contribution in [3.05, 3.63) is 41.6 Å². The predicted molar refractivity (Wildman–Crippen MR) is 52.7 cm³/mol. The molecular weight excluding hydrogens is 178 g/mol. The van der Waals surface area contributed by atoms with Crippen LogP contribution in [0.15, 0.2) is 29.0 Å². The first-order valence-corrected chi connectivity index (χ1v) is 4.47. The zero-order valence-electron chi connectivity index (χ0n) is 8.27. The van der Waals surface area contributed by atoms with E-state index in [0.717, 1.165) is 17.0 Å². The number of aryl methyl sites for hydroxylation is 2. The number of furan rings is 1. The van der Waals surface area contributed by atoms with Crippen molar-refractivity contribution < 1.29 is 4.42 Å². The number of hydrogen-bond donors (Lipinski definition) is 1. The average molecular weight is 191 g/mol. The fourth-order valence-corrected chi connectivity index (χ4v) is 1.48. The lowest BCUT2D eigenvalue weighted by molar-refractivity contribution is 0.527. The summed E-state index contributed by atoms with van der Waals surface area (Å²) < 4.78 is 6.94. The molecule has 1 atom stereocenters. The van der Waals surface area contributed by atoms with Gasteiger partial charge in [0.15, 0.2) is 0 Å². The summed E-state index contributed by atoms with van der Waals surface area (Å²) in [4.78, 5) is 0. The highest BCUT2D eigenvalue weighted by atomic mass is 16.3. The van der Waals surface area contributed by atoms with Crippen molar-refractivity contribution in [2.75, 3.05) is 0 Å². The third-order valence-electron chi connectivity index (χ3n) is 2.29. The SMILES string of the molecule is Cc1occc1C(N)c1ccn(C)n1. The Balaban J connectivity index is 2.33. The molecule has 0 aromatic carbocycles. The van der Waals surface area contributed by atoms with E-state index < -0.39 is 0 Å². The van der Waals surface area contributed by atoms with Gasteiger partial charge < -0.3 is 10.2 Å². The Morgan fingerprint density at radius 2 is 2.29 bits per heavy atom. The Bertz CT molecular complexity index is 430. The molecule has 2 rings (SSSR count). The van der Waals surface area contributed by atoms with E-state index in [1.165, 1.54) is 0 Å². The molecule has 0 aliphatic heterocycles. The third-order valence-corrected chi connectivity index (χ3v) is 2.29. The van der Waals surface area contributed by atoms with Crippen LogP contribution >= 0.6 is 0 Å². The zero-order chi connectivity index (χ0) is 10.1. The van der Waals surface area contributed by atoms with Crippen LogP contribution in [0.3, 0.4) is 0 Å². The molecule has 0 amide bonds. The number of nitrogens with two attached hydrogens (primary N) is 1. The van der Waals surface area contributed by atoms with Crippen LogP contribution in [0.2, 0.25) is 0 Å². The first-order chi connectivity index (χ1) is 6.68. The molecule has 0 fully saturated rings. The molecule has 0 aliphatic rings. The number of rotatable bonds is 2. The minimum atomic E-state index is -0.199. The van der Waals surface area contributed by atoms with Gasteiger partial charge in [-0.2, -0.15) is 5.10 Å². The Hall–Kier alpha value is -1.55. The van der Waals surface area contributed by atoms with Gasteiger partial charge in [0, 0.05) is 18.8 Å². The molecule has 2 aromatic rings. The van der Waals surface area contributed by atoms with Crippen LogP contribution in [-0.2, 0) is 7.05 Å². The molecule has 4 nitrogen and oxygen atoms in total. The van der Waals surface area contributed by atoms with Crippen LogP contribution in [0.1, 0.15) is 23.1 Å². The van der Waals surface area contributed by atoms with E-state index in [-0.39, 0.29) is 6.04 Å². The minimum absolute atomic E-state index is 0.199. The van der Waals surface area contributed by atoms with Gasteiger partial charge in [0.05, 0.1) is 18.0 Å². The normalized spacial score (nSPS) is 13.1. The second-order valence-electron chi connectivity index (χ2n) is 3.32. The van der Waals surface area contributed by atoms with Gasteiger partial charge in [0.25, 0.3) is 0 Å². The summed E-state index contributed by atoms with van der Waals surface area (Å²) in [5.41, 5.74) is 7.89. The third kappa shape index (κ3) is 1.44. The molecule has 0 bridgehead atoms. The quantitative estimate of drug-likeness (QED) is 0.780. The van der Waals surface area contributed by atoms with Crippen molar-refractivity contribution in [1.29, 1.82) is 0 Å². The monoisotopic (exact) mass is 191 g/mol. The molecule has 1 unspecified atom stereocenters. The largest absolute Gasteiger partial charge is 0.469 e. The highest BCUT2D eigenvalue weighted by Crippen LogP contribution is 2.21. The van der Waals surface area contributed by atoms with Crippen molar-refractivity contribution in [3.63, 3.8) is 0 Å². The summed E-state index contributed by atoms with van der Waals surface area (Å²) in [6, 6.07) is 3.60. The van der Waals surface area contributed by atoms with Crippen LogP contribution in [0.5, 0.6) is 0 Å². The molecule has 4 heteroatoms. The maximum atomic E-state index is 6.04. The summed E-state index contributed by atoms with van der Waals surface area (Å²) in [5.74, 6) is 0.850. The van der Waals surface area contributed by atoms with Gasteiger partial charge in [0.1, 0.15) is 5.76 Å². The van der Waals surface area contributed by atoms with Crippen molar-refractivity contribution >= 4 is 0 Å². The Morgan fingerprint density at radius 1 is 1.50 bits per heavy atom. The summed E-state index contributed by atoms with van der Waals surface area (Å²) in [6.07, 6.45) is 3.53. The summed E-state index contributed by atoms with van der Waals surface area (Å²) in [7, 11) is 1.87. The highest BCUT2D eigenvalue weighted by Gasteiger charge is 2.15. The molecule has 14 heavy (non-hydrogen) atoms. The van der Waals surface area contributed by atoms with E-state index in [4.69, 9.17) is 10.2 Å². The van der Waals surface area contributed by atoms with E-state index in [0.29, 0.717) is 0 Å². The summed E-state index contributed by atoms with van der Waals surface area (Å²) in [5, 5.41) is 4.26. The van der Waals surface area contributed by atoms with Crippen LogP contribution in [0, 0.1) is 6.92 Å². The topological polar surface area (TPSA) is 57.0 Å². The van der Waals surface area contributed by atoms with Gasteiger partial charge in [0.2, 0.25) is 0 Å². The van der Waals surface area contributed by atoms with Crippen molar-refractivity contribution in [1.82, 2.24) is 9.78 Å². The first kappa shape index (κ1) is 9.02. The van der Waals surface area contributed by atoms with Gasteiger partial charge in [-0.3, -0.25) is 4.68 Å². The molecule has 2 aromatic heterocycles. The minimum Gasteiger partial charge on any atom is -0.469 e. The van der Waals surface area contributed by atoms with E-state index in [2.05, 4.69) is 5.10 Å². The number of hydrogen-bond acceptors (Lipinski definition) is 3. The molecule has 74 valence electrons. The first-order valence-electron chi connectivity index (χ1n) is 4.47. The Morgan fingerprint density at radius 3 is 2.79 bits per heavy atom. The van der Waals surface area contributed by atoms with Crippen LogP contribution in [-0.4, -0.2) is 9.78 Å². The van der Waals surface area contributed by atoms with E-state index in [9.17, 15) is 0 Å². The van der Waals surface area contributed by atoms with Gasteiger partial charge in [-0.1, -0.05) is 0 Å². The number of nitrogens with zero attached hydrogens (tertiary/aromatic N) is 2.